The highest BCUT2D eigenvalue weighted by atomic mass is 32.2. The third kappa shape index (κ3) is 7.78. The highest BCUT2D eigenvalue weighted by Crippen LogP contribution is 2.42. The molecule has 0 spiro atoms. The second-order valence-corrected chi connectivity index (χ2v) is 13.1. The second-order valence-electron chi connectivity index (χ2n) is 10.3. The number of nitrogens with zero attached hydrogens (tertiary/aromatic N) is 6. The molecule has 1 amide bonds. The summed E-state index contributed by atoms with van der Waals surface area (Å²) in [6.45, 7) is 3.50. The number of rotatable bonds is 10. The number of benzene rings is 5. The van der Waals surface area contributed by atoms with Gasteiger partial charge in [0, 0.05) is 11.1 Å². The van der Waals surface area contributed by atoms with Crippen molar-refractivity contribution in [3.63, 3.8) is 0 Å². The number of aryl methyl sites for hydroxylation is 2. The van der Waals surface area contributed by atoms with Crippen molar-refractivity contribution in [2.45, 2.75) is 23.6 Å². The number of hydrogen-bond donors (Lipinski definition) is 4. The van der Waals surface area contributed by atoms with Gasteiger partial charge in [-0.1, -0.05) is 0 Å². The Labute approximate surface area is 273 Å². The molecule has 0 saturated heterocycles. The zero-order chi connectivity index (χ0) is 34.6. The lowest BCUT2D eigenvalue weighted by molar-refractivity contribution is -0.105. The molecular formula is C31H25N7O8S2. The van der Waals surface area contributed by atoms with Crippen LogP contribution in [0.2, 0.25) is 0 Å². The Morgan fingerprint density at radius 3 is 1.62 bits per heavy atom. The lowest BCUT2D eigenvalue weighted by atomic mass is 10.1. The standard InChI is InChI=1S/C31H25N7O8S2/c1-18-14-28(37-38-30-29(48(44,45)46)16-20-15-24(32-17-39)9-12-26(20)31(30)40)19(2)13-27(18)36-35-22-5-3-21(4-6-22)33-34-23-7-10-25(11-8-23)47(41,42)43/h3-17,40H,1-2H3,(H,32,39)(H,41,42,43)(H,44,45,46). The van der Waals surface area contributed by atoms with Crippen LogP contribution in [0, 0.1) is 13.8 Å². The number of phenolic OH excluding ortho intramolecular Hbond substituents is 1. The van der Waals surface area contributed by atoms with Crippen LogP contribution in [0.25, 0.3) is 10.8 Å². The monoisotopic (exact) mass is 687 g/mol. The van der Waals surface area contributed by atoms with Crippen LogP contribution in [-0.4, -0.2) is 37.5 Å². The molecule has 0 aliphatic carbocycles. The molecule has 5 rings (SSSR count). The van der Waals surface area contributed by atoms with Gasteiger partial charge < -0.3 is 10.4 Å². The molecule has 17 heteroatoms. The normalized spacial score (nSPS) is 12.4. The molecule has 0 bridgehead atoms. The van der Waals surface area contributed by atoms with E-state index in [1.54, 1.807) is 50.2 Å². The van der Waals surface area contributed by atoms with Crippen LogP contribution in [0.15, 0.2) is 125 Å². The smallest absolute Gasteiger partial charge is 0.296 e. The van der Waals surface area contributed by atoms with Crippen LogP contribution < -0.4 is 5.32 Å². The predicted octanol–water partition coefficient (Wildman–Crippen LogP) is 8.47. The number of nitrogens with one attached hydrogen (secondary N) is 1. The topological polar surface area (TPSA) is 232 Å². The number of anilines is 1. The van der Waals surface area contributed by atoms with Gasteiger partial charge in [0.05, 0.1) is 33.3 Å². The van der Waals surface area contributed by atoms with Crippen LogP contribution in [0.4, 0.5) is 39.8 Å². The molecule has 0 aliphatic heterocycles. The number of phenols is 1. The van der Waals surface area contributed by atoms with Gasteiger partial charge in [0.25, 0.3) is 20.2 Å². The second kappa shape index (κ2) is 13.5. The molecule has 244 valence electrons. The van der Waals surface area contributed by atoms with Crippen molar-refractivity contribution in [2.24, 2.45) is 30.7 Å². The van der Waals surface area contributed by atoms with Gasteiger partial charge in [0.15, 0.2) is 5.75 Å². The van der Waals surface area contributed by atoms with E-state index in [1.807, 2.05) is 0 Å². The molecule has 15 nitrogen and oxygen atoms in total. The molecule has 0 aromatic heterocycles. The number of fused-ring (bicyclic) bond motifs is 1. The number of amides is 1. The summed E-state index contributed by atoms with van der Waals surface area (Å²) in [4.78, 5) is 9.88. The van der Waals surface area contributed by atoms with Gasteiger partial charge in [-0.2, -0.15) is 42.4 Å². The molecule has 0 radical (unpaired) electrons. The summed E-state index contributed by atoms with van der Waals surface area (Å²) >= 11 is 0. The Kier molecular flexibility index (Phi) is 9.48. The average molecular weight is 688 g/mol. The van der Waals surface area contributed by atoms with Gasteiger partial charge in [-0.3, -0.25) is 13.9 Å². The zero-order valence-corrected chi connectivity index (χ0v) is 26.7. The largest absolute Gasteiger partial charge is 0.505 e. The first-order valence-corrected chi connectivity index (χ1v) is 16.6. The minimum absolute atomic E-state index is 0.223. The molecule has 0 fully saturated rings. The Morgan fingerprint density at radius 2 is 1.12 bits per heavy atom. The van der Waals surface area contributed by atoms with Gasteiger partial charge in [0.2, 0.25) is 6.41 Å². The number of carbonyl (C=O) groups is 1. The van der Waals surface area contributed by atoms with Gasteiger partial charge in [0.1, 0.15) is 10.6 Å². The summed E-state index contributed by atoms with van der Waals surface area (Å²) in [6, 6.07) is 20.8. The fourth-order valence-electron chi connectivity index (χ4n) is 4.41. The Morgan fingerprint density at radius 1 is 0.625 bits per heavy atom. The molecule has 48 heavy (non-hydrogen) atoms. The van der Waals surface area contributed by atoms with E-state index in [4.69, 9.17) is 4.55 Å². The average Bonchev–Trinajstić information content (AvgIpc) is 3.03. The quantitative estimate of drug-likeness (QED) is 0.0630. The van der Waals surface area contributed by atoms with Crippen molar-refractivity contribution in [3.8, 4) is 5.75 Å². The van der Waals surface area contributed by atoms with Crippen LogP contribution in [0.3, 0.4) is 0 Å². The summed E-state index contributed by atoms with van der Waals surface area (Å²) in [5, 5.41) is 38.6. The highest BCUT2D eigenvalue weighted by Gasteiger charge is 2.22. The van der Waals surface area contributed by atoms with Crippen LogP contribution in [0.1, 0.15) is 11.1 Å². The minimum Gasteiger partial charge on any atom is -0.505 e. The SMILES string of the molecule is Cc1cc(N=Nc2c(S(=O)(=O)O)cc3cc(NC=O)ccc3c2O)c(C)cc1N=Nc1ccc(N=Nc2ccc(S(=O)(=O)O)cc2)cc1. The molecule has 5 aromatic rings. The fraction of sp³-hybridized carbons (Fsp3) is 0.0645. The Hall–Kier alpha value is -5.75. The first-order chi connectivity index (χ1) is 22.7. The van der Waals surface area contributed by atoms with Crippen molar-refractivity contribution < 1.29 is 35.8 Å². The Balaban J connectivity index is 1.35. The van der Waals surface area contributed by atoms with E-state index in [0.29, 0.717) is 51.7 Å². The number of hydrogen-bond acceptors (Lipinski definition) is 12. The molecule has 5 aromatic carbocycles. The lowest BCUT2D eigenvalue weighted by Crippen LogP contribution is -1.99. The predicted molar refractivity (Wildman–Crippen MR) is 176 cm³/mol. The summed E-state index contributed by atoms with van der Waals surface area (Å²) in [6.07, 6.45) is 0.445. The molecule has 4 N–H and O–H groups in total. The fourth-order valence-corrected chi connectivity index (χ4v) is 5.54. The van der Waals surface area contributed by atoms with Gasteiger partial charge in [-0.15, -0.1) is 5.11 Å². The number of azo groups is 3. The summed E-state index contributed by atoms with van der Waals surface area (Å²) in [5.41, 5.74) is 3.44. The summed E-state index contributed by atoms with van der Waals surface area (Å²) in [5.74, 6) is -0.525. The molecule has 0 heterocycles. The molecular weight excluding hydrogens is 663 g/mol. The summed E-state index contributed by atoms with van der Waals surface area (Å²) in [7, 11) is -9.13. The third-order valence-electron chi connectivity index (χ3n) is 6.87. The summed E-state index contributed by atoms with van der Waals surface area (Å²) < 4.78 is 65.6. The zero-order valence-electron chi connectivity index (χ0n) is 25.0. The van der Waals surface area contributed by atoms with Crippen molar-refractivity contribution in [2.75, 3.05) is 5.32 Å². The maximum absolute atomic E-state index is 12.2. The first kappa shape index (κ1) is 33.6. The first-order valence-electron chi connectivity index (χ1n) is 13.7. The number of aromatic hydroxyl groups is 1. The lowest BCUT2D eigenvalue weighted by Gasteiger charge is -2.10. The number of carbonyl (C=O) groups excluding carboxylic acids is 1. The van der Waals surface area contributed by atoms with Gasteiger partial charge in [-0.25, -0.2) is 0 Å². The van der Waals surface area contributed by atoms with Crippen LogP contribution in [-0.2, 0) is 25.0 Å². The molecule has 0 aliphatic rings. The van der Waals surface area contributed by atoms with E-state index in [-0.39, 0.29) is 15.7 Å². The van der Waals surface area contributed by atoms with Gasteiger partial charge in [-0.05, 0) is 115 Å². The third-order valence-corrected chi connectivity index (χ3v) is 8.60. The maximum atomic E-state index is 12.2. The van der Waals surface area contributed by atoms with Crippen LogP contribution >= 0.6 is 0 Å². The van der Waals surface area contributed by atoms with Crippen molar-refractivity contribution in [3.05, 3.63) is 96.1 Å². The molecule has 0 saturated carbocycles. The highest BCUT2D eigenvalue weighted by molar-refractivity contribution is 7.86. The van der Waals surface area contributed by atoms with Crippen molar-refractivity contribution in [1.29, 1.82) is 0 Å². The van der Waals surface area contributed by atoms with E-state index in [1.165, 1.54) is 42.5 Å². The van der Waals surface area contributed by atoms with Crippen LogP contribution in [0.5, 0.6) is 5.75 Å². The van der Waals surface area contributed by atoms with Crippen molar-refractivity contribution >= 4 is 77.2 Å². The maximum Gasteiger partial charge on any atom is 0.296 e. The molecule has 0 unspecified atom stereocenters. The van der Waals surface area contributed by atoms with E-state index in [9.17, 15) is 31.3 Å². The van der Waals surface area contributed by atoms with E-state index < -0.39 is 36.6 Å². The Bertz CT molecular complexity index is 2360. The van der Waals surface area contributed by atoms with Gasteiger partial charge >= 0.3 is 0 Å². The van der Waals surface area contributed by atoms with E-state index in [0.717, 1.165) is 6.07 Å². The minimum atomic E-state index is -4.83. The van der Waals surface area contributed by atoms with E-state index >= 15 is 0 Å². The van der Waals surface area contributed by atoms with E-state index in [2.05, 4.69) is 36.0 Å². The molecule has 0 atom stereocenters. The van der Waals surface area contributed by atoms with Crippen molar-refractivity contribution in [1.82, 2.24) is 0 Å².